The van der Waals surface area contributed by atoms with Gasteiger partial charge in [-0.1, -0.05) is 146 Å². The van der Waals surface area contributed by atoms with Crippen LogP contribution in [-0.4, -0.2) is 16.2 Å². The van der Waals surface area contributed by atoms with E-state index in [0.717, 1.165) is 84.3 Å². The molecule has 1 aliphatic heterocycles. The molecule has 0 bridgehead atoms. The molecule has 0 fully saturated rings. The van der Waals surface area contributed by atoms with Crippen LogP contribution in [0.1, 0.15) is 77.0 Å². The van der Waals surface area contributed by atoms with Crippen LogP contribution in [0.4, 0.5) is 31.5 Å². The summed E-state index contributed by atoms with van der Waals surface area (Å²) in [5, 5.41) is 2.25. The smallest absolute Gasteiger partial charge is 0.137 e. The number of hydrogen-bond donors (Lipinski definition) is 0. The van der Waals surface area contributed by atoms with E-state index in [-0.39, 0.29) is 5.41 Å². The van der Waals surface area contributed by atoms with Crippen LogP contribution >= 0.6 is 0 Å². The average molecular weight is 935 g/mol. The summed E-state index contributed by atoms with van der Waals surface area (Å²) in [5.41, 5.74) is 14.7. The van der Waals surface area contributed by atoms with Gasteiger partial charge in [0.25, 0.3) is 0 Å². The van der Waals surface area contributed by atoms with Crippen molar-refractivity contribution in [2.24, 2.45) is 0 Å². The third-order valence-electron chi connectivity index (χ3n) is 13.9. The molecule has 7 heteroatoms. The normalized spacial score (nSPS) is 12.7. The van der Waals surface area contributed by atoms with Gasteiger partial charge in [-0.05, 0) is 123 Å². The molecule has 0 spiro atoms. The van der Waals surface area contributed by atoms with E-state index >= 15 is 8.78 Å². The number of hydrogen-bond acceptors (Lipinski definition) is 4. The van der Waals surface area contributed by atoms with Crippen molar-refractivity contribution >= 4 is 44.6 Å². The standard InChI is InChI=1S/C64H56F2N4O/c1-40(2)43-28-44(41(3)4)30-46(29-43)54-19-15-20-55(47-31-49(65)36-50(66)32-47)63(54)69-39-68(59-22-13-14-23-60(59)69)51-33-45(42-16-9-8-10-17-42)34-53(37-51)71-52-24-25-57-56-18-11-12-21-58(56)70(61(57)38-52)62-35-48(26-27-67-62)64(5,6)7/h8-38,40-41H,39H2,1-7H3. The highest BCUT2D eigenvalue weighted by Crippen LogP contribution is 2.51. The van der Waals surface area contributed by atoms with E-state index in [1.807, 2.05) is 30.5 Å². The van der Waals surface area contributed by atoms with Gasteiger partial charge >= 0.3 is 0 Å². The molecule has 2 aromatic heterocycles. The molecule has 352 valence electrons. The Labute approximate surface area is 415 Å². The fraction of sp³-hybridized carbons (Fsp3) is 0.172. The van der Waals surface area contributed by atoms with Crippen molar-refractivity contribution in [3.8, 4) is 50.7 Å². The second kappa shape index (κ2) is 18.1. The number of anilines is 4. The number of ether oxygens (including phenoxy) is 1. The van der Waals surface area contributed by atoms with Crippen molar-refractivity contribution in [3.63, 3.8) is 0 Å². The lowest BCUT2D eigenvalue weighted by atomic mass is 9.88. The van der Waals surface area contributed by atoms with Gasteiger partial charge in [-0.15, -0.1) is 0 Å². The predicted molar refractivity (Wildman–Crippen MR) is 290 cm³/mol. The zero-order valence-corrected chi connectivity index (χ0v) is 41.2. The first-order valence-electron chi connectivity index (χ1n) is 24.5. The lowest BCUT2D eigenvalue weighted by Crippen LogP contribution is -2.25. The maximum atomic E-state index is 15.2. The third-order valence-corrected chi connectivity index (χ3v) is 13.9. The Hall–Kier alpha value is -8.03. The van der Waals surface area contributed by atoms with Crippen molar-refractivity contribution < 1.29 is 13.5 Å². The maximum absolute atomic E-state index is 15.2. The van der Waals surface area contributed by atoms with Crippen LogP contribution in [0.5, 0.6) is 11.5 Å². The largest absolute Gasteiger partial charge is 0.457 e. The average Bonchev–Trinajstić information content (AvgIpc) is 3.91. The number of pyridine rings is 1. The van der Waals surface area contributed by atoms with Crippen LogP contribution in [0.3, 0.4) is 0 Å². The molecule has 0 saturated carbocycles. The summed E-state index contributed by atoms with van der Waals surface area (Å²) in [5.74, 6) is 1.56. The van der Waals surface area contributed by atoms with Gasteiger partial charge in [0.15, 0.2) is 0 Å². The lowest BCUT2D eigenvalue weighted by molar-refractivity contribution is 0.483. The Morgan fingerprint density at radius 1 is 0.507 bits per heavy atom. The molecule has 0 saturated heterocycles. The maximum Gasteiger partial charge on any atom is 0.137 e. The zero-order valence-electron chi connectivity index (χ0n) is 41.2. The fourth-order valence-corrected chi connectivity index (χ4v) is 10.1. The monoisotopic (exact) mass is 934 g/mol. The molecule has 0 N–H and O–H groups in total. The van der Waals surface area contributed by atoms with Gasteiger partial charge in [0, 0.05) is 52.0 Å². The molecule has 8 aromatic carbocycles. The first-order chi connectivity index (χ1) is 34.3. The molecular weight excluding hydrogens is 879 g/mol. The van der Waals surface area contributed by atoms with Gasteiger partial charge in [-0.25, -0.2) is 13.8 Å². The van der Waals surface area contributed by atoms with Crippen LogP contribution in [0.25, 0.3) is 61.0 Å². The number of benzene rings is 8. The first-order valence-corrected chi connectivity index (χ1v) is 24.5. The number of aromatic nitrogens is 2. The van der Waals surface area contributed by atoms with Crippen LogP contribution in [0, 0.1) is 11.6 Å². The molecule has 11 rings (SSSR count). The van der Waals surface area contributed by atoms with E-state index in [4.69, 9.17) is 9.72 Å². The molecule has 5 nitrogen and oxygen atoms in total. The molecule has 0 radical (unpaired) electrons. The Kier molecular flexibility index (Phi) is 11.5. The van der Waals surface area contributed by atoms with Gasteiger partial charge in [0.1, 0.15) is 35.6 Å². The SMILES string of the molecule is CC(C)c1cc(-c2cccc(-c3cc(F)cc(F)c3)c2N2CN(c3cc(Oc4ccc5c6ccccc6n(-c6cc(C(C)(C)C)ccn6)c5c4)cc(-c4ccccc4)c3)c3ccccc32)cc(C(C)C)c1. The Morgan fingerprint density at radius 3 is 1.83 bits per heavy atom. The van der Waals surface area contributed by atoms with E-state index in [1.165, 1.54) is 28.8 Å². The number of nitrogens with zero attached hydrogens (tertiary/aromatic N) is 4. The molecule has 0 atom stereocenters. The summed E-state index contributed by atoms with van der Waals surface area (Å²) in [6.45, 7) is 15.9. The summed E-state index contributed by atoms with van der Waals surface area (Å²) in [7, 11) is 0. The number of fused-ring (bicyclic) bond motifs is 4. The molecule has 1 aliphatic rings. The third kappa shape index (κ3) is 8.60. The topological polar surface area (TPSA) is 33.5 Å². The molecule has 10 aromatic rings. The zero-order chi connectivity index (χ0) is 49.1. The van der Waals surface area contributed by atoms with Crippen LogP contribution in [0.15, 0.2) is 188 Å². The van der Waals surface area contributed by atoms with E-state index in [0.29, 0.717) is 35.6 Å². The van der Waals surface area contributed by atoms with Crippen LogP contribution < -0.4 is 14.5 Å². The highest BCUT2D eigenvalue weighted by molar-refractivity contribution is 6.09. The van der Waals surface area contributed by atoms with Crippen LogP contribution in [-0.2, 0) is 5.41 Å². The van der Waals surface area contributed by atoms with Crippen molar-refractivity contribution in [3.05, 3.63) is 217 Å². The van der Waals surface area contributed by atoms with E-state index < -0.39 is 11.6 Å². The van der Waals surface area contributed by atoms with E-state index in [2.05, 4.69) is 202 Å². The molecular formula is C64H56F2N4O. The second-order valence-electron chi connectivity index (χ2n) is 20.4. The lowest BCUT2D eigenvalue weighted by Gasteiger charge is -2.28. The molecule has 71 heavy (non-hydrogen) atoms. The second-order valence-corrected chi connectivity index (χ2v) is 20.4. The fourth-order valence-electron chi connectivity index (χ4n) is 10.1. The highest BCUT2D eigenvalue weighted by atomic mass is 19.1. The van der Waals surface area contributed by atoms with Crippen molar-refractivity contribution in [2.75, 3.05) is 16.5 Å². The molecule has 0 aliphatic carbocycles. The summed E-state index contributed by atoms with van der Waals surface area (Å²) < 4.78 is 39.7. The minimum Gasteiger partial charge on any atom is -0.457 e. The molecule has 0 amide bonds. The van der Waals surface area contributed by atoms with E-state index in [9.17, 15) is 0 Å². The van der Waals surface area contributed by atoms with Gasteiger partial charge in [-0.2, -0.15) is 0 Å². The van der Waals surface area contributed by atoms with Gasteiger partial charge in [-0.3, -0.25) is 4.57 Å². The summed E-state index contributed by atoms with van der Waals surface area (Å²) in [6.07, 6.45) is 1.90. The number of rotatable bonds is 10. The van der Waals surface area contributed by atoms with Gasteiger partial charge < -0.3 is 14.5 Å². The Bertz CT molecular complexity index is 3600. The highest BCUT2D eigenvalue weighted by Gasteiger charge is 2.32. The minimum atomic E-state index is -0.624. The quantitative estimate of drug-likeness (QED) is 0.137. The minimum absolute atomic E-state index is 0.0532. The Balaban J connectivity index is 1.06. The summed E-state index contributed by atoms with van der Waals surface area (Å²) in [6, 6.07) is 61.0. The van der Waals surface area contributed by atoms with Crippen molar-refractivity contribution in [2.45, 2.75) is 65.7 Å². The van der Waals surface area contributed by atoms with Gasteiger partial charge in [0.05, 0.1) is 28.1 Å². The first kappa shape index (κ1) is 45.4. The number of para-hydroxylation sites is 4. The van der Waals surface area contributed by atoms with Crippen molar-refractivity contribution in [1.82, 2.24) is 9.55 Å². The summed E-state index contributed by atoms with van der Waals surface area (Å²) in [4.78, 5) is 9.51. The van der Waals surface area contributed by atoms with Crippen LogP contribution in [0.2, 0.25) is 0 Å². The van der Waals surface area contributed by atoms with Crippen molar-refractivity contribution in [1.29, 1.82) is 0 Å². The Morgan fingerprint density at radius 2 is 1.14 bits per heavy atom. The van der Waals surface area contributed by atoms with Gasteiger partial charge in [0.2, 0.25) is 0 Å². The molecule has 3 heterocycles. The molecule has 0 unspecified atom stereocenters. The number of halogens is 2. The summed E-state index contributed by atoms with van der Waals surface area (Å²) >= 11 is 0. The predicted octanol–water partition coefficient (Wildman–Crippen LogP) is 18.0. The van der Waals surface area contributed by atoms with E-state index in [1.54, 1.807) is 0 Å².